The van der Waals surface area contributed by atoms with Crippen LogP contribution < -0.4 is 10.0 Å². The second-order valence-electron chi connectivity index (χ2n) is 4.96. The van der Waals surface area contributed by atoms with Crippen LogP contribution in [0, 0.1) is 5.21 Å². The Balaban J connectivity index is 1.57. The molecule has 1 amide bonds. The highest BCUT2D eigenvalue weighted by Crippen LogP contribution is 2.30. The predicted octanol–water partition coefficient (Wildman–Crippen LogP) is 2.20. The van der Waals surface area contributed by atoms with Gasteiger partial charge in [-0.1, -0.05) is 0 Å². The van der Waals surface area contributed by atoms with Crippen molar-refractivity contribution in [2.75, 3.05) is 5.75 Å². The smallest absolute Gasteiger partial charge is 0.251 e. The summed E-state index contributed by atoms with van der Waals surface area (Å²) in [6.45, 7) is 0. The van der Waals surface area contributed by atoms with E-state index in [0.717, 1.165) is 35.3 Å². The fraction of sp³-hybridized carbons (Fsp3) is 0.333. The molecule has 2 heterocycles. The Morgan fingerprint density at radius 3 is 3.24 bits per heavy atom. The van der Waals surface area contributed by atoms with Crippen LogP contribution in [0.25, 0.3) is 0 Å². The Morgan fingerprint density at radius 2 is 2.38 bits per heavy atom. The normalized spacial score (nSPS) is 17.2. The quantitative estimate of drug-likeness (QED) is 0.534. The number of hydrogen-bond donors (Lipinski definition) is 1. The zero-order valence-corrected chi connectivity index (χ0v) is 12.3. The van der Waals surface area contributed by atoms with Crippen molar-refractivity contribution in [3.63, 3.8) is 0 Å². The van der Waals surface area contributed by atoms with E-state index in [9.17, 15) is 10.0 Å². The molecule has 0 fully saturated rings. The number of aromatic nitrogens is 1. The first kappa shape index (κ1) is 14.0. The maximum atomic E-state index is 12.1. The van der Waals surface area contributed by atoms with Crippen LogP contribution in [-0.4, -0.2) is 11.7 Å². The Bertz CT molecular complexity index is 641. The van der Waals surface area contributed by atoms with E-state index in [1.54, 1.807) is 24.5 Å². The van der Waals surface area contributed by atoms with E-state index >= 15 is 0 Å². The fourth-order valence-corrected chi connectivity index (χ4v) is 3.26. The molecule has 0 spiro atoms. The van der Waals surface area contributed by atoms with Crippen molar-refractivity contribution in [2.24, 2.45) is 0 Å². The number of thioether (sulfide) groups is 1. The van der Waals surface area contributed by atoms with Crippen molar-refractivity contribution in [2.45, 2.75) is 30.3 Å². The lowest BCUT2D eigenvalue weighted by Crippen LogP contribution is -2.33. The van der Waals surface area contributed by atoms with Crippen LogP contribution in [0.5, 0.6) is 0 Å². The standard InChI is InChI=1S/C15H16N2O3S/c18-14(10-21-15-6-1-2-8-17(15)19)16-12-4-3-5-13-11(12)7-9-20-13/h1-2,6-9,12H,3-5,10H2,(H,16,18). The lowest BCUT2D eigenvalue weighted by molar-refractivity contribution is -0.645. The van der Waals surface area contributed by atoms with E-state index in [1.165, 1.54) is 18.0 Å². The topological polar surface area (TPSA) is 69.2 Å². The monoisotopic (exact) mass is 304 g/mol. The van der Waals surface area contributed by atoms with Crippen molar-refractivity contribution >= 4 is 17.7 Å². The van der Waals surface area contributed by atoms with E-state index in [0.29, 0.717) is 5.03 Å². The van der Waals surface area contributed by atoms with E-state index in [-0.39, 0.29) is 17.7 Å². The number of nitrogens with zero attached hydrogens (tertiary/aromatic N) is 1. The third kappa shape index (κ3) is 3.21. The molecule has 1 unspecified atom stereocenters. The van der Waals surface area contributed by atoms with Crippen molar-refractivity contribution in [3.05, 3.63) is 53.3 Å². The molecule has 110 valence electrons. The highest BCUT2D eigenvalue weighted by Gasteiger charge is 2.24. The second kappa shape index (κ2) is 6.22. The van der Waals surface area contributed by atoms with Gasteiger partial charge in [0.2, 0.25) is 5.91 Å². The van der Waals surface area contributed by atoms with Crippen LogP contribution in [0.1, 0.15) is 30.2 Å². The number of fused-ring (bicyclic) bond motifs is 1. The number of aryl methyl sites for hydroxylation is 1. The minimum atomic E-state index is -0.0668. The van der Waals surface area contributed by atoms with Gasteiger partial charge in [0.05, 0.1) is 18.1 Å². The van der Waals surface area contributed by atoms with E-state index < -0.39 is 0 Å². The van der Waals surface area contributed by atoms with Crippen LogP contribution in [0.15, 0.2) is 46.2 Å². The highest BCUT2D eigenvalue weighted by molar-refractivity contribution is 7.99. The molecule has 5 nitrogen and oxygen atoms in total. The van der Waals surface area contributed by atoms with Crippen molar-refractivity contribution in [1.29, 1.82) is 0 Å². The number of carbonyl (C=O) groups excluding carboxylic acids is 1. The summed E-state index contributed by atoms with van der Waals surface area (Å²) in [6, 6.07) is 7.11. The summed E-state index contributed by atoms with van der Waals surface area (Å²) in [5, 5.41) is 15.1. The average Bonchev–Trinajstić information content (AvgIpc) is 2.96. The van der Waals surface area contributed by atoms with Crippen LogP contribution in [0.2, 0.25) is 0 Å². The molecule has 0 aromatic carbocycles. The van der Waals surface area contributed by atoms with Gasteiger partial charge in [-0.25, -0.2) is 0 Å². The largest absolute Gasteiger partial charge is 0.618 e. The molecule has 6 heteroatoms. The van der Waals surface area contributed by atoms with Gasteiger partial charge >= 0.3 is 0 Å². The molecule has 1 aliphatic rings. The first-order valence-electron chi connectivity index (χ1n) is 6.90. The average molecular weight is 304 g/mol. The zero-order valence-electron chi connectivity index (χ0n) is 11.5. The molecule has 1 N–H and O–H groups in total. The Hall–Kier alpha value is -1.95. The second-order valence-corrected chi connectivity index (χ2v) is 5.96. The molecular formula is C15H16N2O3S. The van der Waals surface area contributed by atoms with Gasteiger partial charge in [0, 0.05) is 24.1 Å². The third-order valence-electron chi connectivity index (χ3n) is 3.53. The van der Waals surface area contributed by atoms with Crippen LogP contribution >= 0.6 is 11.8 Å². The van der Waals surface area contributed by atoms with Crippen LogP contribution in [0.3, 0.4) is 0 Å². The maximum Gasteiger partial charge on any atom is 0.251 e. The van der Waals surface area contributed by atoms with Gasteiger partial charge < -0.3 is 14.9 Å². The number of rotatable bonds is 4. The van der Waals surface area contributed by atoms with Gasteiger partial charge in [0.15, 0.2) is 6.20 Å². The number of carbonyl (C=O) groups is 1. The van der Waals surface area contributed by atoms with Crippen molar-refractivity contribution in [3.8, 4) is 0 Å². The molecule has 0 radical (unpaired) electrons. The van der Waals surface area contributed by atoms with E-state index in [1.807, 2.05) is 6.07 Å². The summed E-state index contributed by atoms with van der Waals surface area (Å²) < 4.78 is 6.18. The van der Waals surface area contributed by atoms with Gasteiger partial charge in [-0.2, -0.15) is 4.73 Å². The molecule has 0 saturated heterocycles. The van der Waals surface area contributed by atoms with Gasteiger partial charge in [-0.05, 0) is 36.7 Å². The summed E-state index contributed by atoms with van der Waals surface area (Å²) >= 11 is 1.24. The molecule has 21 heavy (non-hydrogen) atoms. The summed E-state index contributed by atoms with van der Waals surface area (Å²) in [5.41, 5.74) is 1.08. The van der Waals surface area contributed by atoms with Gasteiger partial charge in [-0.15, -0.1) is 0 Å². The van der Waals surface area contributed by atoms with Crippen molar-refractivity contribution in [1.82, 2.24) is 5.32 Å². The molecule has 2 aromatic rings. The molecule has 0 saturated carbocycles. The Labute approximate surface area is 126 Å². The van der Waals surface area contributed by atoms with Crippen LogP contribution in [0.4, 0.5) is 0 Å². The van der Waals surface area contributed by atoms with Crippen LogP contribution in [-0.2, 0) is 11.2 Å². The summed E-state index contributed by atoms with van der Waals surface area (Å²) in [5.74, 6) is 1.14. The minimum absolute atomic E-state index is 0.0238. The Kier molecular flexibility index (Phi) is 4.15. The molecule has 0 bridgehead atoms. The summed E-state index contributed by atoms with van der Waals surface area (Å²) in [4.78, 5) is 12.1. The number of hydrogen-bond acceptors (Lipinski definition) is 4. The lowest BCUT2D eigenvalue weighted by atomic mass is 9.93. The number of amides is 1. The van der Waals surface area contributed by atoms with E-state index in [4.69, 9.17) is 4.42 Å². The van der Waals surface area contributed by atoms with Gasteiger partial charge in [0.25, 0.3) is 5.03 Å². The predicted molar refractivity (Wildman–Crippen MR) is 78.7 cm³/mol. The number of pyridine rings is 1. The Morgan fingerprint density at radius 1 is 1.48 bits per heavy atom. The summed E-state index contributed by atoms with van der Waals surface area (Å²) in [6.07, 6.45) is 5.98. The summed E-state index contributed by atoms with van der Waals surface area (Å²) in [7, 11) is 0. The molecule has 1 aliphatic carbocycles. The lowest BCUT2D eigenvalue weighted by Gasteiger charge is -2.22. The third-order valence-corrected chi connectivity index (χ3v) is 4.55. The van der Waals surface area contributed by atoms with Crippen molar-refractivity contribution < 1.29 is 13.9 Å². The SMILES string of the molecule is O=C(CSc1cccc[n+]1[O-])NC1CCCc2occc21. The number of furan rings is 1. The molecule has 3 rings (SSSR count). The number of nitrogens with one attached hydrogen (secondary N) is 1. The fourth-order valence-electron chi connectivity index (χ4n) is 2.54. The first-order chi connectivity index (χ1) is 10.2. The van der Waals surface area contributed by atoms with Gasteiger partial charge in [-0.3, -0.25) is 4.79 Å². The first-order valence-corrected chi connectivity index (χ1v) is 7.89. The molecular weight excluding hydrogens is 288 g/mol. The van der Waals surface area contributed by atoms with Gasteiger partial charge in [0.1, 0.15) is 5.76 Å². The molecule has 2 aromatic heterocycles. The minimum Gasteiger partial charge on any atom is -0.618 e. The highest BCUT2D eigenvalue weighted by atomic mass is 32.2. The molecule has 0 aliphatic heterocycles. The zero-order chi connectivity index (χ0) is 14.7. The molecule has 1 atom stereocenters. The van der Waals surface area contributed by atoms with E-state index in [2.05, 4.69) is 5.32 Å². The maximum absolute atomic E-state index is 12.1.